The minimum Gasteiger partial charge on any atom is -0.419 e. The minimum atomic E-state index is -1.04. The summed E-state index contributed by atoms with van der Waals surface area (Å²) in [5.41, 5.74) is 1.74. The predicted molar refractivity (Wildman–Crippen MR) is 93.5 cm³/mol. The molecule has 2 aliphatic rings. The number of rotatable bonds is 3. The van der Waals surface area contributed by atoms with Crippen molar-refractivity contribution in [2.45, 2.75) is 38.0 Å². The van der Waals surface area contributed by atoms with Gasteiger partial charge in [-0.2, -0.15) is 0 Å². The summed E-state index contributed by atoms with van der Waals surface area (Å²) in [6.45, 7) is 4.41. The summed E-state index contributed by atoms with van der Waals surface area (Å²) in [6, 6.07) is 7.82. The highest BCUT2D eigenvalue weighted by Gasteiger charge is 2.47. The van der Waals surface area contributed by atoms with Crippen molar-refractivity contribution in [1.82, 2.24) is 4.57 Å². The lowest BCUT2D eigenvalue weighted by Crippen LogP contribution is -2.44. The first kappa shape index (κ1) is 15.7. The number of ether oxygens (including phenoxy) is 2. The maximum absolute atomic E-state index is 12.4. The van der Waals surface area contributed by atoms with Gasteiger partial charge < -0.3 is 14.0 Å². The third kappa shape index (κ3) is 2.65. The van der Waals surface area contributed by atoms with Crippen LogP contribution in [0.2, 0.25) is 0 Å². The second-order valence-electron chi connectivity index (χ2n) is 6.50. The largest absolute Gasteiger partial charge is 0.419 e. The van der Waals surface area contributed by atoms with Gasteiger partial charge >= 0.3 is 11.9 Å². The van der Waals surface area contributed by atoms with Gasteiger partial charge in [0.2, 0.25) is 0 Å². The van der Waals surface area contributed by atoms with Crippen molar-refractivity contribution in [1.29, 1.82) is 0 Å². The van der Waals surface area contributed by atoms with Gasteiger partial charge in [0.15, 0.2) is 0 Å². The number of para-hydroxylation sites is 1. The van der Waals surface area contributed by atoms with Crippen LogP contribution in [0.4, 0.5) is 0 Å². The molecule has 1 aliphatic carbocycles. The number of nitrogens with zero attached hydrogens (tertiary/aromatic N) is 1. The Hall–Kier alpha value is -2.82. The number of benzene rings is 1. The number of allylic oxidation sites excluding steroid dienone is 1. The van der Waals surface area contributed by atoms with Crippen LogP contribution in [0.15, 0.2) is 48.7 Å². The zero-order chi connectivity index (χ0) is 17.4. The molecule has 1 aliphatic heterocycles. The van der Waals surface area contributed by atoms with E-state index in [-0.39, 0.29) is 5.57 Å². The first-order valence-corrected chi connectivity index (χ1v) is 8.49. The molecule has 0 N–H and O–H groups in total. The highest BCUT2D eigenvalue weighted by Crippen LogP contribution is 2.39. The van der Waals surface area contributed by atoms with Crippen molar-refractivity contribution in [3.63, 3.8) is 0 Å². The Morgan fingerprint density at radius 2 is 1.80 bits per heavy atom. The van der Waals surface area contributed by atoms with Crippen LogP contribution in [0.25, 0.3) is 17.0 Å². The van der Waals surface area contributed by atoms with Gasteiger partial charge in [0, 0.05) is 42.0 Å². The molecular formula is C20H19NO4. The van der Waals surface area contributed by atoms with E-state index in [1.807, 2.05) is 35.0 Å². The van der Waals surface area contributed by atoms with Gasteiger partial charge in [-0.05, 0) is 25.0 Å². The highest BCUT2D eigenvalue weighted by molar-refractivity contribution is 6.19. The molecule has 4 rings (SSSR count). The Balaban J connectivity index is 1.73. The molecule has 1 aromatic heterocycles. The molecule has 5 nitrogen and oxygen atoms in total. The highest BCUT2D eigenvalue weighted by atomic mass is 16.7. The first-order valence-electron chi connectivity index (χ1n) is 8.49. The van der Waals surface area contributed by atoms with Crippen molar-refractivity contribution in [2.75, 3.05) is 0 Å². The van der Waals surface area contributed by atoms with Crippen LogP contribution in [-0.4, -0.2) is 22.3 Å². The summed E-state index contributed by atoms with van der Waals surface area (Å²) in [5.74, 6) is -2.24. The summed E-state index contributed by atoms with van der Waals surface area (Å²) < 4.78 is 13.0. The second kappa shape index (κ2) is 5.92. The Bertz CT molecular complexity index is 878. The summed E-state index contributed by atoms with van der Waals surface area (Å²) in [5, 5.41) is 0.957. The molecule has 1 aromatic carbocycles. The molecule has 0 bridgehead atoms. The smallest absolute Gasteiger partial charge is 0.348 e. The van der Waals surface area contributed by atoms with Gasteiger partial charge in [0.1, 0.15) is 5.57 Å². The minimum absolute atomic E-state index is 0.0565. The van der Waals surface area contributed by atoms with E-state index in [1.54, 1.807) is 12.2 Å². The number of hydrogen-bond acceptors (Lipinski definition) is 4. The van der Waals surface area contributed by atoms with Crippen LogP contribution in [0.1, 0.15) is 31.2 Å². The van der Waals surface area contributed by atoms with Crippen molar-refractivity contribution >= 4 is 28.9 Å². The van der Waals surface area contributed by atoms with Crippen molar-refractivity contribution < 1.29 is 19.1 Å². The predicted octanol–water partition coefficient (Wildman–Crippen LogP) is 3.58. The molecule has 2 heterocycles. The van der Waals surface area contributed by atoms with Crippen LogP contribution in [0, 0.1) is 0 Å². The molecule has 128 valence electrons. The second-order valence-corrected chi connectivity index (χ2v) is 6.50. The fourth-order valence-electron chi connectivity index (χ4n) is 3.62. The molecule has 0 amide bonds. The van der Waals surface area contributed by atoms with E-state index in [1.165, 1.54) is 0 Å². The first-order chi connectivity index (χ1) is 12.1. The summed E-state index contributed by atoms with van der Waals surface area (Å²) in [7, 11) is 0. The van der Waals surface area contributed by atoms with Crippen molar-refractivity contribution in [2.24, 2.45) is 0 Å². The van der Waals surface area contributed by atoms with E-state index in [2.05, 4.69) is 6.58 Å². The third-order valence-corrected chi connectivity index (χ3v) is 4.81. The molecule has 2 fully saturated rings. The van der Waals surface area contributed by atoms with Gasteiger partial charge in [-0.1, -0.05) is 24.3 Å². The molecule has 1 saturated heterocycles. The van der Waals surface area contributed by atoms with E-state index in [4.69, 9.17) is 9.47 Å². The Labute approximate surface area is 145 Å². The van der Waals surface area contributed by atoms with Gasteiger partial charge in [0.25, 0.3) is 5.79 Å². The monoisotopic (exact) mass is 337 g/mol. The van der Waals surface area contributed by atoms with Crippen molar-refractivity contribution in [3.8, 4) is 0 Å². The molecule has 1 saturated carbocycles. The number of carbonyl (C=O) groups excluding carboxylic acids is 2. The normalized spacial score (nSPS) is 19.1. The zero-order valence-corrected chi connectivity index (χ0v) is 13.9. The average Bonchev–Trinajstić information content (AvgIpc) is 3.17. The molecule has 0 unspecified atom stereocenters. The fraction of sp³-hybridized carbons (Fsp3) is 0.300. The molecule has 1 spiro atoms. The lowest BCUT2D eigenvalue weighted by molar-refractivity contribution is -0.232. The lowest BCUT2D eigenvalue weighted by Gasteiger charge is -2.32. The molecule has 5 heteroatoms. The quantitative estimate of drug-likeness (QED) is 0.372. The van der Waals surface area contributed by atoms with Crippen LogP contribution >= 0.6 is 0 Å². The summed E-state index contributed by atoms with van der Waals surface area (Å²) in [6.07, 6.45) is 8.22. The number of esters is 2. The lowest BCUT2D eigenvalue weighted by atomic mass is 10.1. The third-order valence-electron chi connectivity index (χ3n) is 4.81. The molecular weight excluding hydrogens is 318 g/mol. The standard InChI is InChI=1S/C20H19NO4/c1-2-11-21-13-14(15-7-3-4-8-17(15)21)12-16-18(22)24-20(25-19(16)23)9-5-6-10-20/h2-4,7-8,12-13H,1,5-6,9-11H2. The zero-order valence-electron chi connectivity index (χ0n) is 13.9. The van der Waals surface area contributed by atoms with Gasteiger partial charge in [0.05, 0.1) is 0 Å². The molecule has 2 aromatic rings. The molecule has 0 radical (unpaired) electrons. The van der Waals surface area contributed by atoms with E-state index in [0.717, 1.165) is 29.3 Å². The number of hydrogen-bond donors (Lipinski definition) is 0. The average molecular weight is 337 g/mol. The number of aromatic nitrogens is 1. The summed E-state index contributed by atoms with van der Waals surface area (Å²) in [4.78, 5) is 24.8. The Morgan fingerprint density at radius 1 is 1.12 bits per heavy atom. The van der Waals surface area contributed by atoms with Crippen LogP contribution < -0.4 is 0 Å². The van der Waals surface area contributed by atoms with Gasteiger partial charge in [-0.25, -0.2) is 9.59 Å². The topological polar surface area (TPSA) is 57.5 Å². The maximum atomic E-state index is 12.4. The van der Waals surface area contributed by atoms with E-state index in [9.17, 15) is 9.59 Å². The van der Waals surface area contributed by atoms with E-state index < -0.39 is 17.7 Å². The van der Waals surface area contributed by atoms with Crippen LogP contribution in [0.5, 0.6) is 0 Å². The van der Waals surface area contributed by atoms with Gasteiger partial charge in [-0.3, -0.25) is 0 Å². The Morgan fingerprint density at radius 3 is 2.48 bits per heavy atom. The van der Waals surface area contributed by atoms with Crippen molar-refractivity contribution in [3.05, 3.63) is 54.3 Å². The molecule has 0 atom stereocenters. The number of carbonyl (C=O) groups is 2. The SMILES string of the molecule is C=CCn1cc(C=C2C(=O)OC3(CCCC3)OC2=O)c2ccccc21. The van der Waals surface area contributed by atoms with Crippen LogP contribution in [-0.2, 0) is 25.6 Å². The van der Waals surface area contributed by atoms with E-state index >= 15 is 0 Å². The molecule has 25 heavy (non-hydrogen) atoms. The number of fused-ring (bicyclic) bond motifs is 1. The van der Waals surface area contributed by atoms with Crippen LogP contribution in [0.3, 0.4) is 0 Å². The van der Waals surface area contributed by atoms with E-state index in [0.29, 0.717) is 19.4 Å². The Kier molecular flexibility index (Phi) is 3.71. The van der Waals surface area contributed by atoms with Gasteiger partial charge in [-0.15, -0.1) is 6.58 Å². The maximum Gasteiger partial charge on any atom is 0.348 e. The summed E-state index contributed by atoms with van der Waals surface area (Å²) >= 11 is 0. The fourth-order valence-corrected chi connectivity index (χ4v) is 3.62.